The van der Waals surface area contributed by atoms with Gasteiger partial charge in [-0.25, -0.2) is 4.79 Å². The third-order valence-electron chi connectivity index (χ3n) is 3.65. The van der Waals surface area contributed by atoms with E-state index in [0.717, 1.165) is 11.6 Å². The van der Waals surface area contributed by atoms with Gasteiger partial charge in [0.25, 0.3) is 5.69 Å². The smallest absolute Gasteiger partial charge is 0.338 e. The van der Waals surface area contributed by atoms with Crippen LogP contribution in [0.2, 0.25) is 0 Å². The van der Waals surface area contributed by atoms with Gasteiger partial charge in [-0.3, -0.25) is 10.1 Å². The lowest BCUT2D eigenvalue weighted by Gasteiger charge is -2.15. The van der Waals surface area contributed by atoms with Crippen molar-refractivity contribution >= 4 is 17.3 Å². The third kappa shape index (κ3) is 3.94. The van der Waals surface area contributed by atoms with E-state index in [9.17, 15) is 20.0 Å². The van der Waals surface area contributed by atoms with E-state index in [1.54, 1.807) is 12.1 Å². The first kappa shape index (κ1) is 18.8. The predicted octanol–water partition coefficient (Wildman–Crippen LogP) is 2.93. The first-order chi connectivity index (χ1) is 12.4. The number of hydrogen-bond donors (Lipinski definition) is 2. The molecule has 0 atom stereocenters. The molecule has 0 aromatic heterocycles. The molecule has 9 nitrogen and oxygen atoms in total. The number of nitrogens with zero attached hydrogens (tertiary/aromatic N) is 1. The fourth-order valence-corrected chi connectivity index (χ4v) is 2.41. The molecule has 0 saturated heterocycles. The van der Waals surface area contributed by atoms with Gasteiger partial charge in [0.2, 0.25) is 5.75 Å². The van der Waals surface area contributed by atoms with E-state index in [2.05, 4.69) is 5.32 Å². The van der Waals surface area contributed by atoms with Crippen LogP contribution in [0.3, 0.4) is 0 Å². The number of methoxy groups -OCH3 is 3. The molecule has 0 aliphatic heterocycles. The van der Waals surface area contributed by atoms with Gasteiger partial charge in [-0.05, 0) is 23.8 Å². The number of anilines is 1. The molecule has 0 aliphatic rings. The van der Waals surface area contributed by atoms with Gasteiger partial charge in [0.05, 0.1) is 31.8 Å². The number of ether oxygens (including phenoxy) is 3. The van der Waals surface area contributed by atoms with Crippen molar-refractivity contribution in [2.75, 3.05) is 26.6 Å². The molecule has 2 aromatic carbocycles. The van der Waals surface area contributed by atoms with E-state index in [1.807, 2.05) is 0 Å². The first-order valence-corrected chi connectivity index (χ1v) is 7.45. The quantitative estimate of drug-likeness (QED) is 0.543. The number of benzene rings is 2. The Morgan fingerprint density at radius 2 is 1.73 bits per heavy atom. The zero-order valence-electron chi connectivity index (χ0n) is 14.4. The largest absolute Gasteiger partial charge is 0.493 e. The van der Waals surface area contributed by atoms with Crippen LogP contribution in [0.15, 0.2) is 30.3 Å². The van der Waals surface area contributed by atoms with Crippen molar-refractivity contribution in [2.45, 2.75) is 6.54 Å². The van der Waals surface area contributed by atoms with Gasteiger partial charge in [0, 0.05) is 24.4 Å². The Labute approximate surface area is 149 Å². The monoisotopic (exact) mass is 362 g/mol. The van der Waals surface area contributed by atoms with Gasteiger partial charge in [0.1, 0.15) is 0 Å². The second-order valence-corrected chi connectivity index (χ2v) is 5.18. The Hall–Kier alpha value is -3.49. The summed E-state index contributed by atoms with van der Waals surface area (Å²) in [5, 5.41) is 23.1. The van der Waals surface area contributed by atoms with Crippen molar-refractivity contribution < 1.29 is 29.0 Å². The summed E-state index contributed by atoms with van der Waals surface area (Å²) in [6.07, 6.45) is 0. The molecule has 2 aromatic rings. The number of rotatable bonds is 8. The number of aromatic carboxylic acids is 1. The van der Waals surface area contributed by atoms with Gasteiger partial charge < -0.3 is 24.6 Å². The Bertz CT molecular complexity index is 811. The van der Waals surface area contributed by atoms with Gasteiger partial charge in [-0.15, -0.1) is 0 Å². The minimum atomic E-state index is -1.26. The topological polar surface area (TPSA) is 120 Å². The Morgan fingerprint density at radius 3 is 2.19 bits per heavy atom. The highest BCUT2D eigenvalue weighted by Crippen LogP contribution is 2.38. The lowest BCUT2D eigenvalue weighted by Crippen LogP contribution is -2.07. The fraction of sp³-hybridized carbons (Fsp3) is 0.235. The summed E-state index contributed by atoms with van der Waals surface area (Å²) >= 11 is 0. The minimum Gasteiger partial charge on any atom is -0.493 e. The number of hydrogen-bond acceptors (Lipinski definition) is 7. The number of nitro benzene ring substituents is 1. The highest BCUT2D eigenvalue weighted by Gasteiger charge is 2.17. The van der Waals surface area contributed by atoms with E-state index in [1.165, 1.54) is 33.5 Å². The second kappa shape index (κ2) is 8.06. The fourth-order valence-electron chi connectivity index (χ4n) is 2.41. The number of carboxylic acids is 1. The molecular weight excluding hydrogens is 344 g/mol. The third-order valence-corrected chi connectivity index (χ3v) is 3.65. The van der Waals surface area contributed by atoms with Crippen LogP contribution in [0.4, 0.5) is 11.4 Å². The molecule has 0 heterocycles. The molecule has 9 heteroatoms. The van der Waals surface area contributed by atoms with E-state index >= 15 is 0 Å². The molecule has 0 aliphatic carbocycles. The van der Waals surface area contributed by atoms with Crippen molar-refractivity contribution in [1.29, 1.82) is 0 Å². The molecule has 0 amide bonds. The second-order valence-electron chi connectivity index (χ2n) is 5.18. The first-order valence-electron chi connectivity index (χ1n) is 7.45. The van der Waals surface area contributed by atoms with Gasteiger partial charge in [0.15, 0.2) is 11.5 Å². The maximum absolute atomic E-state index is 11.4. The van der Waals surface area contributed by atoms with Crippen molar-refractivity contribution in [3.63, 3.8) is 0 Å². The van der Waals surface area contributed by atoms with Crippen LogP contribution in [0, 0.1) is 10.1 Å². The maximum atomic E-state index is 11.4. The number of carboxylic acid groups (broad SMARTS) is 1. The minimum absolute atomic E-state index is 0.188. The Morgan fingerprint density at radius 1 is 1.12 bits per heavy atom. The number of nitrogens with one attached hydrogen (secondary N) is 1. The average Bonchev–Trinajstić information content (AvgIpc) is 2.64. The predicted molar refractivity (Wildman–Crippen MR) is 93.5 cm³/mol. The lowest BCUT2D eigenvalue weighted by atomic mass is 10.1. The van der Waals surface area contributed by atoms with Crippen LogP contribution in [0.25, 0.3) is 0 Å². The summed E-state index contributed by atoms with van der Waals surface area (Å²) in [5.74, 6) is 0.109. The molecule has 2 N–H and O–H groups in total. The Kier molecular flexibility index (Phi) is 5.84. The lowest BCUT2D eigenvalue weighted by molar-refractivity contribution is -0.384. The van der Waals surface area contributed by atoms with Crippen LogP contribution < -0.4 is 19.5 Å². The summed E-state index contributed by atoms with van der Waals surface area (Å²) in [7, 11) is 4.48. The van der Waals surface area contributed by atoms with Crippen LogP contribution in [-0.4, -0.2) is 37.3 Å². The summed E-state index contributed by atoms with van der Waals surface area (Å²) in [6, 6.07) is 7.06. The molecule has 0 saturated carbocycles. The van der Waals surface area contributed by atoms with Crippen LogP contribution in [0.5, 0.6) is 17.2 Å². The molecule has 0 spiro atoms. The van der Waals surface area contributed by atoms with E-state index < -0.39 is 10.9 Å². The van der Waals surface area contributed by atoms with Crippen LogP contribution in [-0.2, 0) is 6.54 Å². The summed E-state index contributed by atoms with van der Waals surface area (Å²) in [6.45, 7) is 0.245. The Balaban J connectivity index is 2.31. The molecule has 0 fully saturated rings. The average molecular weight is 362 g/mol. The molecule has 2 rings (SSSR count). The summed E-state index contributed by atoms with van der Waals surface area (Å²) in [4.78, 5) is 21.6. The number of carbonyl (C=O) groups is 1. The van der Waals surface area contributed by atoms with Gasteiger partial charge >= 0.3 is 5.97 Å². The van der Waals surface area contributed by atoms with E-state index in [0.29, 0.717) is 17.2 Å². The standard InChI is InChI=1S/C17H18N2O7/c1-24-14-6-10(7-15(25-2)16(14)26-3)9-18-13-5-4-11(19(22)23)8-12(13)17(20)21/h4-8,18H,9H2,1-3H3,(H,20,21). The zero-order chi connectivity index (χ0) is 19.3. The van der Waals surface area contributed by atoms with E-state index in [-0.39, 0.29) is 23.5 Å². The van der Waals surface area contributed by atoms with Crippen molar-refractivity contribution in [1.82, 2.24) is 0 Å². The summed E-state index contributed by atoms with van der Waals surface area (Å²) < 4.78 is 15.8. The molecule has 138 valence electrons. The number of nitro groups is 1. The van der Waals surface area contributed by atoms with Crippen molar-refractivity contribution in [2.24, 2.45) is 0 Å². The van der Waals surface area contributed by atoms with Crippen LogP contribution >= 0.6 is 0 Å². The zero-order valence-corrected chi connectivity index (χ0v) is 14.4. The maximum Gasteiger partial charge on any atom is 0.338 e. The molecular formula is C17H18N2O7. The molecule has 0 unspecified atom stereocenters. The normalized spacial score (nSPS) is 10.1. The van der Waals surface area contributed by atoms with Crippen LogP contribution in [0.1, 0.15) is 15.9 Å². The number of non-ortho nitro benzene ring substituents is 1. The van der Waals surface area contributed by atoms with Crippen molar-refractivity contribution in [3.8, 4) is 17.2 Å². The van der Waals surface area contributed by atoms with Gasteiger partial charge in [-0.2, -0.15) is 0 Å². The molecule has 0 radical (unpaired) electrons. The highest BCUT2D eigenvalue weighted by atomic mass is 16.6. The summed E-state index contributed by atoms with van der Waals surface area (Å²) in [5.41, 5.74) is 0.526. The molecule has 26 heavy (non-hydrogen) atoms. The SMILES string of the molecule is COc1cc(CNc2ccc([N+](=O)[O-])cc2C(=O)O)cc(OC)c1OC. The molecule has 0 bridgehead atoms. The highest BCUT2D eigenvalue weighted by molar-refractivity contribution is 5.95. The van der Waals surface area contributed by atoms with Crippen molar-refractivity contribution in [3.05, 3.63) is 51.6 Å². The van der Waals surface area contributed by atoms with E-state index in [4.69, 9.17) is 14.2 Å². The van der Waals surface area contributed by atoms with Gasteiger partial charge in [-0.1, -0.05) is 0 Å².